The fraction of sp³-hybridized carbons (Fsp3) is 0.250. The van der Waals surface area contributed by atoms with Gasteiger partial charge in [-0.2, -0.15) is 4.31 Å². The topological polar surface area (TPSA) is 92.8 Å². The molecular weight excluding hydrogens is 653 g/mol. The summed E-state index contributed by atoms with van der Waals surface area (Å²) >= 11 is 1.65. The molecule has 252 valence electrons. The number of rotatable bonds is 10. The van der Waals surface area contributed by atoms with Crippen molar-refractivity contribution in [3.63, 3.8) is 0 Å². The molecule has 7 nitrogen and oxygen atoms in total. The zero-order valence-electron chi connectivity index (χ0n) is 27.8. The second-order valence-corrected chi connectivity index (χ2v) is 16.6. The largest absolute Gasteiger partial charge is 0.459 e. The van der Waals surface area contributed by atoms with Crippen molar-refractivity contribution in [3.05, 3.63) is 150 Å². The molecule has 2 atom stereocenters. The number of hydrogen-bond acceptors (Lipinski definition) is 6. The van der Waals surface area contributed by atoms with E-state index >= 15 is 0 Å². The van der Waals surface area contributed by atoms with Gasteiger partial charge in [-0.15, -0.1) is 11.8 Å². The third-order valence-corrected chi connectivity index (χ3v) is 12.2. The molecule has 0 spiro atoms. The lowest BCUT2D eigenvalue weighted by atomic mass is 9.84. The van der Waals surface area contributed by atoms with E-state index in [-0.39, 0.29) is 29.7 Å². The standard InChI is InChI=1S/C40H40N2O5S2/c1-39(2,3)47-37(43)27-41-38(44)36-26-34(28-42(36)49(45,46)35-24-23-29-15-13-14-16-30(29)25-35)48-40(31-17-7-4-8-18-31,32-19-9-5-10-20-32)33-21-11-6-12-22-33/h4-25,34,36H,26-28H2,1-3H3,(H,41,44)/t34-,36+/m1/s1. The Morgan fingerprint density at radius 1 is 0.755 bits per heavy atom. The van der Waals surface area contributed by atoms with Crippen LogP contribution < -0.4 is 5.32 Å². The van der Waals surface area contributed by atoms with Gasteiger partial charge >= 0.3 is 5.97 Å². The van der Waals surface area contributed by atoms with E-state index in [1.807, 2.05) is 78.9 Å². The average molecular weight is 693 g/mol. The first-order chi connectivity index (χ1) is 23.5. The number of ether oxygens (including phenoxy) is 1. The molecule has 49 heavy (non-hydrogen) atoms. The maximum Gasteiger partial charge on any atom is 0.325 e. The van der Waals surface area contributed by atoms with Crippen LogP contribution >= 0.6 is 11.8 Å². The minimum absolute atomic E-state index is 0.0958. The Hall–Kier alpha value is -4.44. The van der Waals surface area contributed by atoms with Crippen LogP contribution in [-0.2, 0) is 29.1 Å². The number of nitrogens with zero attached hydrogens (tertiary/aromatic N) is 1. The molecule has 1 saturated heterocycles. The highest BCUT2D eigenvalue weighted by molar-refractivity contribution is 8.01. The Kier molecular flexibility index (Phi) is 9.97. The van der Waals surface area contributed by atoms with Crippen molar-refractivity contribution < 1.29 is 22.7 Å². The third kappa shape index (κ3) is 7.44. The Bertz CT molecular complexity index is 1930. The summed E-state index contributed by atoms with van der Waals surface area (Å²) in [6, 6.07) is 42.1. The van der Waals surface area contributed by atoms with Gasteiger partial charge < -0.3 is 10.1 Å². The summed E-state index contributed by atoms with van der Waals surface area (Å²) in [5, 5.41) is 4.09. The predicted octanol–water partition coefficient (Wildman–Crippen LogP) is 7.15. The zero-order chi connectivity index (χ0) is 34.6. The second kappa shape index (κ2) is 14.2. The van der Waals surface area contributed by atoms with Crippen molar-refractivity contribution in [2.45, 2.75) is 53.7 Å². The summed E-state index contributed by atoms with van der Waals surface area (Å²) in [4.78, 5) is 26.6. The number of fused-ring (bicyclic) bond motifs is 1. The van der Waals surface area contributed by atoms with Crippen LogP contribution in [0.3, 0.4) is 0 Å². The summed E-state index contributed by atoms with van der Waals surface area (Å²) in [6.07, 6.45) is 0.242. The van der Waals surface area contributed by atoms with E-state index in [1.165, 1.54) is 4.31 Å². The minimum atomic E-state index is -4.13. The number of nitrogens with one attached hydrogen (secondary N) is 1. The third-order valence-electron chi connectivity index (χ3n) is 8.56. The van der Waals surface area contributed by atoms with E-state index in [9.17, 15) is 18.0 Å². The quantitative estimate of drug-likeness (QED) is 0.123. The van der Waals surface area contributed by atoms with Crippen molar-refractivity contribution in [1.29, 1.82) is 0 Å². The van der Waals surface area contributed by atoms with Crippen molar-refractivity contribution >= 4 is 44.4 Å². The molecule has 1 fully saturated rings. The molecule has 5 aromatic rings. The highest BCUT2D eigenvalue weighted by Crippen LogP contribution is 2.52. The van der Waals surface area contributed by atoms with Gasteiger partial charge in [0.25, 0.3) is 0 Å². The SMILES string of the molecule is CC(C)(C)OC(=O)CNC(=O)[C@@H]1C[C@@H](SC(c2ccccc2)(c2ccccc2)c2ccccc2)CN1S(=O)(=O)c1ccc2ccccc2c1. The van der Waals surface area contributed by atoms with Crippen molar-refractivity contribution in [3.8, 4) is 0 Å². The Morgan fingerprint density at radius 2 is 1.27 bits per heavy atom. The zero-order valence-corrected chi connectivity index (χ0v) is 29.4. The fourth-order valence-electron chi connectivity index (χ4n) is 6.45. The normalized spacial score (nSPS) is 17.1. The number of thioether (sulfide) groups is 1. The summed E-state index contributed by atoms with van der Waals surface area (Å²) in [6.45, 7) is 4.99. The van der Waals surface area contributed by atoms with E-state index in [0.29, 0.717) is 0 Å². The molecule has 1 N–H and O–H groups in total. The molecule has 0 bridgehead atoms. The lowest BCUT2D eigenvalue weighted by molar-refractivity contribution is -0.154. The van der Waals surface area contributed by atoms with Crippen LogP contribution in [0.4, 0.5) is 0 Å². The molecule has 1 amide bonds. The van der Waals surface area contributed by atoms with Crippen LogP contribution in [0.15, 0.2) is 138 Å². The summed E-state index contributed by atoms with van der Waals surface area (Å²) in [5.41, 5.74) is 2.40. The number of esters is 1. The van der Waals surface area contributed by atoms with Crippen LogP contribution in [0.25, 0.3) is 10.8 Å². The fourth-order valence-corrected chi connectivity index (χ4v) is 10.1. The number of sulfonamides is 1. The molecular formula is C40H40N2O5S2. The highest BCUT2D eigenvalue weighted by atomic mass is 32.2. The van der Waals surface area contributed by atoms with E-state index in [2.05, 4.69) is 41.7 Å². The minimum Gasteiger partial charge on any atom is -0.459 e. The molecule has 1 aliphatic rings. The van der Waals surface area contributed by atoms with Crippen LogP contribution in [0.2, 0.25) is 0 Å². The van der Waals surface area contributed by atoms with E-state index in [4.69, 9.17) is 4.74 Å². The Balaban J connectivity index is 1.40. The highest BCUT2D eigenvalue weighted by Gasteiger charge is 2.48. The van der Waals surface area contributed by atoms with Crippen molar-refractivity contribution in [2.24, 2.45) is 0 Å². The lowest BCUT2D eigenvalue weighted by Crippen LogP contribution is -2.47. The van der Waals surface area contributed by atoms with E-state index in [0.717, 1.165) is 27.5 Å². The number of carbonyl (C=O) groups is 2. The van der Waals surface area contributed by atoms with Crippen LogP contribution in [0.5, 0.6) is 0 Å². The molecule has 5 aromatic carbocycles. The number of benzene rings is 5. The van der Waals surface area contributed by atoms with Crippen LogP contribution in [0.1, 0.15) is 43.9 Å². The maximum absolute atomic E-state index is 14.5. The summed E-state index contributed by atoms with van der Waals surface area (Å²) in [5.74, 6) is -1.13. The van der Waals surface area contributed by atoms with Gasteiger partial charge in [0.2, 0.25) is 15.9 Å². The number of carbonyl (C=O) groups excluding carboxylic acids is 2. The molecule has 1 aliphatic heterocycles. The van der Waals surface area contributed by atoms with Gasteiger partial charge in [-0.05, 0) is 66.8 Å². The molecule has 0 aliphatic carbocycles. The van der Waals surface area contributed by atoms with Gasteiger partial charge in [0.05, 0.1) is 9.64 Å². The van der Waals surface area contributed by atoms with Gasteiger partial charge in [0, 0.05) is 11.8 Å². The Morgan fingerprint density at radius 3 is 1.80 bits per heavy atom. The first-order valence-corrected chi connectivity index (χ1v) is 18.6. The van der Waals surface area contributed by atoms with Gasteiger partial charge in [-0.3, -0.25) is 9.59 Å². The lowest BCUT2D eigenvalue weighted by Gasteiger charge is -2.37. The molecule has 0 saturated carbocycles. The first-order valence-electron chi connectivity index (χ1n) is 16.3. The monoisotopic (exact) mass is 692 g/mol. The van der Waals surface area contributed by atoms with Crippen molar-refractivity contribution in [1.82, 2.24) is 9.62 Å². The number of amides is 1. The summed E-state index contributed by atoms with van der Waals surface area (Å²) < 4.78 is 35.0. The second-order valence-electron chi connectivity index (χ2n) is 13.2. The Labute approximate surface area is 292 Å². The van der Waals surface area contributed by atoms with E-state index in [1.54, 1.807) is 50.7 Å². The van der Waals surface area contributed by atoms with Gasteiger partial charge in [0.15, 0.2) is 0 Å². The summed E-state index contributed by atoms with van der Waals surface area (Å²) in [7, 11) is -4.13. The molecule has 0 unspecified atom stereocenters. The molecule has 0 radical (unpaired) electrons. The molecule has 1 heterocycles. The smallest absolute Gasteiger partial charge is 0.325 e. The molecule has 6 rings (SSSR count). The molecule has 9 heteroatoms. The predicted molar refractivity (Wildman–Crippen MR) is 196 cm³/mol. The van der Waals surface area contributed by atoms with Crippen LogP contribution in [0, 0.1) is 0 Å². The van der Waals surface area contributed by atoms with Crippen molar-refractivity contribution in [2.75, 3.05) is 13.1 Å². The average Bonchev–Trinajstić information content (AvgIpc) is 3.54. The molecule has 0 aromatic heterocycles. The number of hydrogen-bond donors (Lipinski definition) is 1. The van der Waals surface area contributed by atoms with E-state index < -0.39 is 38.3 Å². The maximum atomic E-state index is 14.5. The van der Waals surface area contributed by atoms with Gasteiger partial charge in [-0.1, -0.05) is 121 Å². The van der Waals surface area contributed by atoms with Gasteiger partial charge in [0.1, 0.15) is 18.2 Å². The first kappa shape index (κ1) is 34.4. The van der Waals surface area contributed by atoms with Crippen LogP contribution in [-0.4, -0.2) is 54.6 Å². The van der Waals surface area contributed by atoms with Gasteiger partial charge in [-0.25, -0.2) is 8.42 Å².